The van der Waals surface area contributed by atoms with Gasteiger partial charge in [-0.2, -0.15) is 9.40 Å². The van der Waals surface area contributed by atoms with E-state index in [1.165, 1.54) is 11.8 Å². The quantitative estimate of drug-likeness (QED) is 0.163. The molecule has 2 saturated heterocycles. The summed E-state index contributed by atoms with van der Waals surface area (Å²) in [6.07, 6.45) is 8.23. The minimum atomic E-state index is -3.65. The monoisotopic (exact) mass is 628 g/mol. The van der Waals surface area contributed by atoms with E-state index in [4.69, 9.17) is 17.3 Å². The molecule has 220 valence electrons. The summed E-state index contributed by atoms with van der Waals surface area (Å²) in [4.78, 5) is 15.9. The van der Waals surface area contributed by atoms with Crippen LogP contribution in [0.3, 0.4) is 0 Å². The number of thioether (sulfide) groups is 1. The maximum Gasteiger partial charge on any atom is 0.266 e. The first-order chi connectivity index (χ1) is 20.9. The van der Waals surface area contributed by atoms with Gasteiger partial charge in [0.2, 0.25) is 10.0 Å². The smallest absolute Gasteiger partial charge is 0.266 e. The summed E-state index contributed by atoms with van der Waals surface area (Å²) in [5.41, 5.74) is 3.95. The van der Waals surface area contributed by atoms with Gasteiger partial charge in [-0.3, -0.25) is 9.69 Å². The third-order valence-corrected chi connectivity index (χ3v) is 11.0. The van der Waals surface area contributed by atoms with Crippen LogP contribution < -0.4 is 0 Å². The van der Waals surface area contributed by atoms with Crippen LogP contribution in [0.1, 0.15) is 36.8 Å². The largest absolute Gasteiger partial charge is 0.293 e. The number of thiocarbonyl (C=S) groups is 1. The number of benzene rings is 3. The molecule has 3 heterocycles. The molecule has 2 fully saturated rings. The zero-order valence-corrected chi connectivity index (χ0v) is 26.1. The van der Waals surface area contributed by atoms with Crippen LogP contribution in [-0.4, -0.2) is 57.3 Å². The average Bonchev–Trinajstić information content (AvgIpc) is 3.42. The first-order valence-corrected chi connectivity index (χ1v) is 17.1. The molecule has 0 saturated carbocycles. The number of aromatic nitrogens is 2. The van der Waals surface area contributed by atoms with Crippen molar-refractivity contribution in [2.24, 2.45) is 0 Å². The number of hydrogen-bond donors (Lipinski definition) is 0. The highest BCUT2D eigenvalue weighted by atomic mass is 32.2. The molecule has 3 aromatic carbocycles. The SMILES string of the molecule is O=C1C(=Cc2cn(-c3ccccc3)nc2-c2cccc(S(=O)(=O)N3CCCCCC3)c2)SC(=S)N1CCc1ccccc1. The molecule has 10 heteroatoms. The normalized spacial score (nSPS) is 17.5. The molecule has 1 aromatic heterocycles. The Balaban J connectivity index is 1.35. The van der Waals surface area contributed by atoms with Crippen LogP contribution in [0.15, 0.2) is 101 Å². The maximum absolute atomic E-state index is 13.6. The predicted molar refractivity (Wildman–Crippen MR) is 176 cm³/mol. The number of nitrogens with zero attached hydrogens (tertiary/aromatic N) is 4. The van der Waals surface area contributed by atoms with E-state index >= 15 is 0 Å². The number of amides is 1. The predicted octanol–water partition coefficient (Wildman–Crippen LogP) is 6.55. The van der Waals surface area contributed by atoms with Crippen molar-refractivity contribution in [2.45, 2.75) is 37.0 Å². The van der Waals surface area contributed by atoms with Gasteiger partial charge in [-0.1, -0.05) is 97.5 Å². The van der Waals surface area contributed by atoms with E-state index in [2.05, 4.69) is 0 Å². The summed E-state index contributed by atoms with van der Waals surface area (Å²) in [7, 11) is -3.65. The molecule has 0 spiro atoms. The number of rotatable bonds is 8. The number of hydrogen-bond acceptors (Lipinski definition) is 6. The third kappa shape index (κ3) is 6.52. The van der Waals surface area contributed by atoms with Crippen molar-refractivity contribution in [1.82, 2.24) is 19.0 Å². The van der Waals surface area contributed by atoms with Crippen LogP contribution in [0.2, 0.25) is 0 Å². The second-order valence-electron chi connectivity index (χ2n) is 10.6. The van der Waals surface area contributed by atoms with Gasteiger partial charge >= 0.3 is 0 Å². The van der Waals surface area contributed by atoms with E-state index in [1.807, 2.05) is 79.0 Å². The zero-order chi connectivity index (χ0) is 29.8. The Morgan fingerprint density at radius 2 is 1.58 bits per heavy atom. The molecule has 2 aliphatic rings. The fourth-order valence-corrected chi connectivity index (χ4v) is 8.25. The summed E-state index contributed by atoms with van der Waals surface area (Å²) in [6, 6.07) is 26.7. The standard InChI is InChI=1S/C33H32N4O3S3/c38-32-30(42-33(41)36(32)21-18-25-12-5-3-6-13-25)23-27-24-37(28-15-7-4-8-16-28)34-31(27)26-14-11-17-29(22-26)43(39,40)35-19-9-1-2-10-20-35/h3-8,11-17,22-24H,1-2,9-10,18-21H2. The lowest BCUT2D eigenvalue weighted by atomic mass is 10.1. The van der Waals surface area contributed by atoms with Gasteiger partial charge in [-0.15, -0.1) is 0 Å². The number of carbonyl (C=O) groups excluding carboxylic acids is 1. The summed E-state index contributed by atoms with van der Waals surface area (Å²) < 4.78 is 31.1. The van der Waals surface area contributed by atoms with Crippen molar-refractivity contribution < 1.29 is 13.2 Å². The van der Waals surface area contributed by atoms with Crippen molar-refractivity contribution >= 4 is 50.3 Å². The zero-order valence-electron chi connectivity index (χ0n) is 23.6. The molecule has 0 unspecified atom stereocenters. The van der Waals surface area contributed by atoms with Crippen molar-refractivity contribution in [3.05, 3.63) is 107 Å². The topological polar surface area (TPSA) is 75.5 Å². The van der Waals surface area contributed by atoms with Gasteiger partial charge < -0.3 is 0 Å². The Labute approximate surface area is 262 Å². The molecule has 1 amide bonds. The first-order valence-electron chi connectivity index (χ1n) is 14.5. The molecule has 0 bridgehead atoms. The summed E-state index contributed by atoms with van der Waals surface area (Å²) in [5.74, 6) is -0.137. The fourth-order valence-electron chi connectivity index (χ4n) is 5.38. The minimum Gasteiger partial charge on any atom is -0.293 e. The average molecular weight is 629 g/mol. The molecular weight excluding hydrogens is 597 g/mol. The summed E-state index contributed by atoms with van der Waals surface area (Å²) >= 11 is 6.88. The van der Waals surface area contributed by atoms with E-state index in [9.17, 15) is 13.2 Å². The first kappa shape index (κ1) is 29.5. The third-order valence-electron chi connectivity index (χ3n) is 7.70. The number of carbonyl (C=O) groups is 1. The van der Waals surface area contributed by atoms with Crippen LogP contribution in [-0.2, 0) is 21.2 Å². The lowest BCUT2D eigenvalue weighted by Crippen LogP contribution is -2.31. The minimum absolute atomic E-state index is 0.137. The highest BCUT2D eigenvalue weighted by molar-refractivity contribution is 8.26. The Morgan fingerprint density at radius 3 is 2.30 bits per heavy atom. The van der Waals surface area contributed by atoms with Crippen molar-refractivity contribution in [1.29, 1.82) is 0 Å². The van der Waals surface area contributed by atoms with Crippen LogP contribution in [0.5, 0.6) is 0 Å². The van der Waals surface area contributed by atoms with Gasteiger partial charge in [0.1, 0.15) is 10.0 Å². The van der Waals surface area contributed by atoms with Crippen molar-refractivity contribution in [3.63, 3.8) is 0 Å². The van der Waals surface area contributed by atoms with Crippen LogP contribution in [0, 0.1) is 0 Å². The fraction of sp³-hybridized carbons (Fsp3) is 0.242. The van der Waals surface area contributed by atoms with Crippen LogP contribution in [0.4, 0.5) is 0 Å². The number of sulfonamides is 1. The second-order valence-corrected chi connectivity index (χ2v) is 14.2. The van der Waals surface area contributed by atoms with Gasteiger partial charge in [0, 0.05) is 37.0 Å². The Bertz CT molecular complexity index is 1760. The summed E-state index contributed by atoms with van der Waals surface area (Å²) in [5, 5.41) is 4.88. The van der Waals surface area contributed by atoms with Gasteiger partial charge in [0.25, 0.3) is 5.91 Å². The molecule has 0 N–H and O–H groups in total. The molecule has 0 aliphatic carbocycles. The van der Waals surface area contributed by atoms with E-state index in [0.29, 0.717) is 52.1 Å². The number of para-hydroxylation sites is 1. The maximum atomic E-state index is 13.6. The highest BCUT2D eigenvalue weighted by Crippen LogP contribution is 2.35. The lowest BCUT2D eigenvalue weighted by Gasteiger charge is -2.20. The Hall–Kier alpha value is -3.57. The molecule has 0 radical (unpaired) electrons. The van der Waals surface area contributed by atoms with Crippen molar-refractivity contribution in [2.75, 3.05) is 19.6 Å². The van der Waals surface area contributed by atoms with Gasteiger partial charge in [0.15, 0.2) is 0 Å². The molecule has 7 nitrogen and oxygen atoms in total. The second kappa shape index (κ2) is 13.0. The molecule has 43 heavy (non-hydrogen) atoms. The van der Waals surface area contributed by atoms with Crippen LogP contribution >= 0.6 is 24.0 Å². The molecule has 0 atom stereocenters. The van der Waals surface area contributed by atoms with Gasteiger partial charge in [-0.05, 0) is 55.2 Å². The van der Waals surface area contributed by atoms with E-state index in [-0.39, 0.29) is 10.8 Å². The van der Waals surface area contributed by atoms with E-state index in [1.54, 1.807) is 32.1 Å². The van der Waals surface area contributed by atoms with Gasteiger partial charge in [-0.25, -0.2) is 13.1 Å². The Kier molecular flexibility index (Phi) is 8.90. The van der Waals surface area contributed by atoms with Crippen LogP contribution in [0.25, 0.3) is 23.0 Å². The van der Waals surface area contributed by atoms with Gasteiger partial charge in [0.05, 0.1) is 15.5 Å². The molecule has 2 aliphatic heterocycles. The molecule has 6 rings (SSSR count). The van der Waals surface area contributed by atoms with E-state index < -0.39 is 10.0 Å². The highest BCUT2D eigenvalue weighted by Gasteiger charge is 2.32. The molecular formula is C33H32N4O3S3. The van der Waals surface area contributed by atoms with Crippen molar-refractivity contribution in [3.8, 4) is 16.9 Å². The Morgan fingerprint density at radius 1 is 0.884 bits per heavy atom. The van der Waals surface area contributed by atoms with E-state index in [0.717, 1.165) is 36.9 Å². The summed E-state index contributed by atoms with van der Waals surface area (Å²) in [6.45, 7) is 1.57. The molecule has 4 aromatic rings. The lowest BCUT2D eigenvalue weighted by molar-refractivity contribution is -0.122.